The molecule has 0 aromatic heterocycles. The average molecular weight is 350 g/mol. The van der Waals surface area contributed by atoms with Gasteiger partial charge in [-0.3, -0.25) is 14.4 Å². The highest BCUT2D eigenvalue weighted by atomic mass is 16.5. The largest absolute Gasteiger partial charge is 0.484 e. The van der Waals surface area contributed by atoms with Crippen LogP contribution in [0.25, 0.3) is 0 Å². The molecule has 1 aromatic rings. The molecule has 0 heterocycles. The molecule has 0 atom stereocenters. The number of hydrogen-bond donors (Lipinski definition) is 1. The Bertz CT molecular complexity index is 548. The van der Waals surface area contributed by atoms with Crippen molar-refractivity contribution in [2.45, 2.75) is 26.7 Å². The summed E-state index contributed by atoms with van der Waals surface area (Å²) in [5.74, 6) is -0.360. The summed E-state index contributed by atoms with van der Waals surface area (Å²) in [5, 5.41) is 2.53. The molecule has 1 aromatic carbocycles. The fourth-order valence-corrected chi connectivity index (χ4v) is 2.09. The second-order valence-corrected chi connectivity index (χ2v) is 5.31. The summed E-state index contributed by atoms with van der Waals surface area (Å²) in [7, 11) is 0. The van der Waals surface area contributed by atoms with Gasteiger partial charge < -0.3 is 19.7 Å². The third-order valence-corrected chi connectivity index (χ3v) is 3.29. The van der Waals surface area contributed by atoms with Crippen LogP contribution < -0.4 is 10.1 Å². The summed E-state index contributed by atoms with van der Waals surface area (Å²) in [6, 6.07) is 8.96. The standard InChI is InChI=1S/C18H26N2O5/c1-3-11-20(12-10-18(23)24-4-2)17(22)13-19-16(21)14-25-15-8-6-5-7-9-15/h5-9H,3-4,10-14H2,1-2H3,(H,19,21). The lowest BCUT2D eigenvalue weighted by Gasteiger charge is -2.22. The van der Waals surface area contributed by atoms with Crippen LogP contribution in [0.3, 0.4) is 0 Å². The van der Waals surface area contributed by atoms with Crippen molar-refractivity contribution in [2.75, 3.05) is 32.8 Å². The van der Waals surface area contributed by atoms with Gasteiger partial charge in [-0.2, -0.15) is 0 Å². The molecule has 0 aliphatic carbocycles. The summed E-state index contributed by atoms with van der Waals surface area (Å²) in [5.41, 5.74) is 0. The van der Waals surface area contributed by atoms with Gasteiger partial charge in [0.2, 0.25) is 5.91 Å². The van der Waals surface area contributed by atoms with E-state index in [-0.39, 0.29) is 43.9 Å². The summed E-state index contributed by atoms with van der Waals surface area (Å²) in [4.78, 5) is 36.9. The Morgan fingerprint density at radius 2 is 1.80 bits per heavy atom. The van der Waals surface area contributed by atoms with E-state index in [1.807, 2.05) is 25.1 Å². The van der Waals surface area contributed by atoms with Crippen LogP contribution in [0.4, 0.5) is 0 Å². The van der Waals surface area contributed by atoms with E-state index >= 15 is 0 Å². The quantitative estimate of drug-likeness (QED) is 0.609. The predicted molar refractivity (Wildman–Crippen MR) is 93.1 cm³/mol. The van der Waals surface area contributed by atoms with Crippen molar-refractivity contribution < 1.29 is 23.9 Å². The summed E-state index contributed by atoms with van der Waals surface area (Å²) >= 11 is 0. The molecule has 0 saturated heterocycles. The molecule has 0 aliphatic rings. The van der Waals surface area contributed by atoms with E-state index in [0.29, 0.717) is 18.9 Å². The lowest BCUT2D eigenvalue weighted by atomic mass is 10.3. The van der Waals surface area contributed by atoms with Crippen LogP contribution in [-0.4, -0.2) is 55.5 Å². The number of nitrogens with zero attached hydrogens (tertiary/aromatic N) is 1. The number of hydrogen-bond acceptors (Lipinski definition) is 5. The first-order valence-corrected chi connectivity index (χ1v) is 8.44. The van der Waals surface area contributed by atoms with Crippen LogP contribution in [-0.2, 0) is 19.1 Å². The Hall–Kier alpha value is -2.57. The zero-order valence-electron chi connectivity index (χ0n) is 14.8. The topological polar surface area (TPSA) is 84.9 Å². The minimum Gasteiger partial charge on any atom is -0.484 e. The van der Waals surface area contributed by atoms with Crippen LogP contribution >= 0.6 is 0 Å². The third-order valence-electron chi connectivity index (χ3n) is 3.29. The molecule has 0 spiro atoms. The van der Waals surface area contributed by atoms with Crippen LogP contribution in [0.2, 0.25) is 0 Å². The molecule has 7 heteroatoms. The van der Waals surface area contributed by atoms with Gasteiger partial charge in [0.25, 0.3) is 5.91 Å². The fourth-order valence-electron chi connectivity index (χ4n) is 2.09. The maximum Gasteiger partial charge on any atom is 0.307 e. The highest BCUT2D eigenvalue weighted by molar-refractivity contribution is 5.85. The van der Waals surface area contributed by atoms with Crippen molar-refractivity contribution in [3.05, 3.63) is 30.3 Å². The highest BCUT2D eigenvalue weighted by Crippen LogP contribution is 2.07. The summed E-state index contributed by atoms with van der Waals surface area (Å²) in [6.45, 7) is 4.51. The number of nitrogens with one attached hydrogen (secondary N) is 1. The number of carbonyl (C=O) groups excluding carboxylic acids is 3. The molecule has 0 unspecified atom stereocenters. The van der Waals surface area contributed by atoms with Crippen molar-refractivity contribution in [1.82, 2.24) is 10.2 Å². The number of carbonyl (C=O) groups is 3. The number of ether oxygens (including phenoxy) is 2. The number of para-hydroxylation sites is 1. The van der Waals surface area contributed by atoms with Gasteiger partial charge in [0.05, 0.1) is 19.6 Å². The van der Waals surface area contributed by atoms with Gasteiger partial charge in [-0.25, -0.2) is 0 Å². The van der Waals surface area contributed by atoms with Crippen molar-refractivity contribution in [3.63, 3.8) is 0 Å². The number of esters is 1. The Labute approximate surface area is 148 Å². The normalized spacial score (nSPS) is 10.0. The van der Waals surface area contributed by atoms with E-state index in [1.165, 1.54) is 0 Å². The van der Waals surface area contributed by atoms with E-state index < -0.39 is 0 Å². The molecule has 0 bridgehead atoms. The third kappa shape index (κ3) is 8.74. The first-order chi connectivity index (χ1) is 12.1. The zero-order valence-corrected chi connectivity index (χ0v) is 14.8. The zero-order chi connectivity index (χ0) is 18.5. The molecule has 1 rings (SSSR count). The van der Waals surface area contributed by atoms with E-state index in [0.717, 1.165) is 6.42 Å². The van der Waals surface area contributed by atoms with E-state index in [4.69, 9.17) is 9.47 Å². The van der Waals surface area contributed by atoms with Crippen molar-refractivity contribution in [1.29, 1.82) is 0 Å². The highest BCUT2D eigenvalue weighted by Gasteiger charge is 2.15. The molecule has 25 heavy (non-hydrogen) atoms. The Morgan fingerprint density at radius 3 is 2.44 bits per heavy atom. The molecule has 2 amide bonds. The van der Waals surface area contributed by atoms with Crippen LogP contribution in [0.15, 0.2) is 30.3 Å². The minimum atomic E-state index is -0.376. The van der Waals surface area contributed by atoms with Crippen molar-refractivity contribution in [2.24, 2.45) is 0 Å². The Balaban J connectivity index is 2.34. The van der Waals surface area contributed by atoms with Crippen molar-refractivity contribution in [3.8, 4) is 5.75 Å². The Morgan fingerprint density at radius 1 is 1.08 bits per heavy atom. The van der Waals surface area contributed by atoms with Gasteiger partial charge in [0.1, 0.15) is 5.75 Å². The maximum absolute atomic E-state index is 12.2. The smallest absolute Gasteiger partial charge is 0.307 e. The van der Waals surface area contributed by atoms with Gasteiger partial charge >= 0.3 is 5.97 Å². The van der Waals surface area contributed by atoms with Crippen LogP contribution in [0.1, 0.15) is 26.7 Å². The molecule has 1 N–H and O–H groups in total. The molecular formula is C18H26N2O5. The van der Waals surface area contributed by atoms with Crippen LogP contribution in [0, 0.1) is 0 Å². The van der Waals surface area contributed by atoms with Crippen LogP contribution in [0.5, 0.6) is 5.75 Å². The molecule has 0 aliphatic heterocycles. The second kappa shape index (κ2) is 11.9. The number of amides is 2. The monoisotopic (exact) mass is 350 g/mol. The van der Waals surface area contributed by atoms with E-state index in [1.54, 1.807) is 24.0 Å². The fraction of sp³-hybridized carbons (Fsp3) is 0.500. The number of benzene rings is 1. The molecular weight excluding hydrogens is 324 g/mol. The second-order valence-electron chi connectivity index (χ2n) is 5.31. The summed E-state index contributed by atoms with van der Waals surface area (Å²) in [6.07, 6.45) is 0.907. The van der Waals surface area contributed by atoms with Crippen molar-refractivity contribution >= 4 is 17.8 Å². The Kier molecular flexibility index (Phi) is 9.74. The molecule has 138 valence electrons. The summed E-state index contributed by atoms with van der Waals surface area (Å²) < 4.78 is 10.2. The average Bonchev–Trinajstić information content (AvgIpc) is 2.62. The molecule has 0 saturated carbocycles. The van der Waals surface area contributed by atoms with Gasteiger partial charge in [0, 0.05) is 13.1 Å². The molecule has 7 nitrogen and oxygen atoms in total. The first-order valence-electron chi connectivity index (χ1n) is 8.44. The maximum atomic E-state index is 12.2. The number of rotatable bonds is 11. The lowest BCUT2D eigenvalue weighted by Crippen LogP contribution is -2.42. The predicted octanol–water partition coefficient (Wildman–Crippen LogP) is 1.37. The van der Waals surface area contributed by atoms with E-state index in [2.05, 4.69) is 5.32 Å². The SMILES string of the molecule is CCCN(CCC(=O)OCC)C(=O)CNC(=O)COc1ccccc1. The van der Waals surface area contributed by atoms with Gasteiger partial charge in [-0.05, 0) is 25.5 Å². The molecule has 0 radical (unpaired) electrons. The van der Waals surface area contributed by atoms with E-state index in [9.17, 15) is 14.4 Å². The minimum absolute atomic E-state index is 0.125. The lowest BCUT2D eigenvalue weighted by molar-refractivity contribution is -0.144. The van der Waals surface area contributed by atoms with Gasteiger partial charge in [-0.15, -0.1) is 0 Å². The van der Waals surface area contributed by atoms with Gasteiger partial charge in [-0.1, -0.05) is 25.1 Å². The first kappa shape index (κ1) is 20.5. The van der Waals surface area contributed by atoms with Gasteiger partial charge in [0.15, 0.2) is 6.61 Å². The molecule has 0 fully saturated rings.